The lowest BCUT2D eigenvalue weighted by atomic mass is 10.2. The Balaban J connectivity index is 2.38. The average molecular weight is 234 g/mol. The van der Waals surface area contributed by atoms with E-state index in [1.54, 1.807) is 20.9 Å². The van der Waals surface area contributed by atoms with Crippen molar-refractivity contribution >= 4 is 28.8 Å². The van der Waals surface area contributed by atoms with Gasteiger partial charge in [-0.25, -0.2) is 4.98 Å². The third kappa shape index (κ3) is 2.17. The molecule has 90 valence electrons. The van der Waals surface area contributed by atoms with E-state index in [2.05, 4.69) is 30.6 Å². The molecule has 7 nitrogen and oxygen atoms in total. The Morgan fingerprint density at radius 1 is 1.41 bits per heavy atom. The van der Waals surface area contributed by atoms with Crippen molar-refractivity contribution in [2.75, 3.05) is 17.7 Å². The lowest BCUT2D eigenvalue weighted by Crippen LogP contribution is -2.19. The number of fused-ring (bicyclic) bond motifs is 1. The van der Waals surface area contributed by atoms with Gasteiger partial charge in [0.15, 0.2) is 11.5 Å². The lowest BCUT2D eigenvalue weighted by Gasteiger charge is -2.07. The molecule has 0 atom stereocenters. The van der Waals surface area contributed by atoms with Crippen molar-refractivity contribution in [1.82, 2.24) is 19.9 Å². The van der Waals surface area contributed by atoms with Gasteiger partial charge in [0.1, 0.15) is 5.52 Å². The molecule has 0 unspecified atom stereocenters. The molecule has 1 amide bonds. The highest BCUT2D eigenvalue weighted by Crippen LogP contribution is 2.17. The van der Waals surface area contributed by atoms with Crippen molar-refractivity contribution in [3.05, 3.63) is 6.33 Å². The topological polar surface area (TPSA) is 95.6 Å². The van der Waals surface area contributed by atoms with Crippen LogP contribution in [0.15, 0.2) is 6.33 Å². The van der Waals surface area contributed by atoms with Crippen LogP contribution in [0.4, 0.5) is 11.8 Å². The van der Waals surface area contributed by atoms with E-state index in [1.807, 2.05) is 0 Å². The molecule has 3 N–H and O–H groups in total. The Labute approximate surface area is 98.1 Å². The van der Waals surface area contributed by atoms with Crippen molar-refractivity contribution in [3.63, 3.8) is 0 Å². The van der Waals surface area contributed by atoms with Crippen LogP contribution < -0.4 is 10.6 Å². The van der Waals surface area contributed by atoms with Gasteiger partial charge in [0.25, 0.3) is 0 Å². The maximum atomic E-state index is 11.5. The third-order valence-corrected chi connectivity index (χ3v) is 2.28. The number of hydrogen-bond donors (Lipinski definition) is 3. The van der Waals surface area contributed by atoms with E-state index >= 15 is 0 Å². The van der Waals surface area contributed by atoms with Gasteiger partial charge in [-0.2, -0.15) is 9.97 Å². The first kappa shape index (κ1) is 11.3. The molecule has 0 aliphatic carbocycles. The van der Waals surface area contributed by atoms with Crippen molar-refractivity contribution < 1.29 is 4.79 Å². The highest BCUT2D eigenvalue weighted by Gasteiger charge is 2.12. The number of nitrogens with one attached hydrogen (secondary N) is 3. The van der Waals surface area contributed by atoms with E-state index in [9.17, 15) is 4.79 Å². The molecule has 0 aromatic carbocycles. The number of nitrogens with zero attached hydrogens (tertiary/aromatic N) is 3. The molecule has 0 spiro atoms. The van der Waals surface area contributed by atoms with Crippen LogP contribution in [0.2, 0.25) is 0 Å². The summed E-state index contributed by atoms with van der Waals surface area (Å²) in [6, 6.07) is 0. The smallest absolute Gasteiger partial charge is 0.233 e. The van der Waals surface area contributed by atoms with E-state index in [0.717, 1.165) is 5.52 Å². The molecule has 2 aromatic rings. The molecule has 2 rings (SSSR count). The van der Waals surface area contributed by atoms with E-state index in [-0.39, 0.29) is 17.8 Å². The minimum Gasteiger partial charge on any atom is -0.371 e. The number of hydrogen-bond acceptors (Lipinski definition) is 5. The first-order chi connectivity index (χ1) is 8.11. The summed E-state index contributed by atoms with van der Waals surface area (Å²) in [5.74, 6) is 0.618. The van der Waals surface area contributed by atoms with Crippen molar-refractivity contribution in [1.29, 1.82) is 0 Å². The highest BCUT2D eigenvalue weighted by atomic mass is 16.1. The number of anilines is 2. The van der Waals surface area contributed by atoms with E-state index in [0.29, 0.717) is 11.5 Å². The molecule has 0 aliphatic rings. The van der Waals surface area contributed by atoms with Crippen molar-refractivity contribution in [3.8, 4) is 0 Å². The fourth-order valence-corrected chi connectivity index (χ4v) is 1.32. The number of imidazole rings is 1. The SMILES string of the molecule is CNc1nc(NC(=O)C(C)C)nc2nc[nH]c12. The average Bonchev–Trinajstić information content (AvgIpc) is 2.75. The summed E-state index contributed by atoms with van der Waals surface area (Å²) in [4.78, 5) is 26.8. The van der Waals surface area contributed by atoms with Crippen LogP contribution >= 0.6 is 0 Å². The van der Waals surface area contributed by atoms with Gasteiger partial charge >= 0.3 is 0 Å². The van der Waals surface area contributed by atoms with Gasteiger partial charge in [0.05, 0.1) is 6.33 Å². The monoisotopic (exact) mass is 234 g/mol. The van der Waals surface area contributed by atoms with Gasteiger partial charge in [0.2, 0.25) is 11.9 Å². The number of carbonyl (C=O) groups excluding carboxylic acids is 1. The Morgan fingerprint density at radius 3 is 2.82 bits per heavy atom. The summed E-state index contributed by atoms with van der Waals surface area (Å²) in [6.45, 7) is 3.61. The fourth-order valence-electron chi connectivity index (χ4n) is 1.32. The second-order valence-corrected chi connectivity index (χ2v) is 3.89. The zero-order chi connectivity index (χ0) is 12.4. The lowest BCUT2D eigenvalue weighted by molar-refractivity contribution is -0.118. The summed E-state index contributed by atoms with van der Waals surface area (Å²) in [5.41, 5.74) is 1.23. The number of amides is 1. The van der Waals surface area contributed by atoms with Crippen LogP contribution in [0.5, 0.6) is 0 Å². The van der Waals surface area contributed by atoms with Gasteiger partial charge in [-0.1, -0.05) is 13.8 Å². The zero-order valence-electron chi connectivity index (χ0n) is 9.90. The number of H-pyrrole nitrogens is 1. The Hall–Kier alpha value is -2.18. The normalized spacial score (nSPS) is 10.8. The predicted molar refractivity (Wildman–Crippen MR) is 64.7 cm³/mol. The van der Waals surface area contributed by atoms with Crippen LogP contribution in [0, 0.1) is 5.92 Å². The third-order valence-electron chi connectivity index (χ3n) is 2.28. The summed E-state index contributed by atoms with van der Waals surface area (Å²) < 4.78 is 0. The van der Waals surface area contributed by atoms with Crippen LogP contribution in [0.3, 0.4) is 0 Å². The molecule has 7 heteroatoms. The molecule has 0 radical (unpaired) electrons. The maximum absolute atomic E-state index is 11.5. The number of aromatic amines is 1. The number of rotatable bonds is 3. The summed E-state index contributed by atoms with van der Waals surface area (Å²) in [6.07, 6.45) is 1.54. The molecular weight excluding hydrogens is 220 g/mol. The number of carbonyl (C=O) groups is 1. The summed E-state index contributed by atoms with van der Waals surface area (Å²) >= 11 is 0. The molecule has 2 heterocycles. The standard InChI is InChI=1S/C10H14N6O/c1-5(2)9(17)16-10-14-7(11-3)6-8(15-10)13-4-12-6/h4-5H,1-3H3,(H3,11,12,13,14,15,16,17). The first-order valence-electron chi connectivity index (χ1n) is 5.31. The van der Waals surface area contributed by atoms with Gasteiger partial charge in [-0.15, -0.1) is 0 Å². The molecule has 0 aliphatic heterocycles. The first-order valence-corrected chi connectivity index (χ1v) is 5.31. The Bertz CT molecular complexity index is 547. The maximum Gasteiger partial charge on any atom is 0.233 e. The van der Waals surface area contributed by atoms with E-state index < -0.39 is 0 Å². The fraction of sp³-hybridized carbons (Fsp3) is 0.400. The molecule has 0 fully saturated rings. The molecule has 2 aromatic heterocycles. The summed E-state index contributed by atoms with van der Waals surface area (Å²) in [7, 11) is 1.75. The second-order valence-electron chi connectivity index (χ2n) is 3.89. The van der Waals surface area contributed by atoms with Crippen LogP contribution in [0.1, 0.15) is 13.8 Å². The summed E-state index contributed by atoms with van der Waals surface area (Å²) in [5, 5.41) is 5.57. The molecule has 17 heavy (non-hydrogen) atoms. The van der Waals surface area contributed by atoms with Crippen LogP contribution in [0.25, 0.3) is 11.2 Å². The number of aromatic nitrogens is 4. The molecule has 0 saturated heterocycles. The van der Waals surface area contributed by atoms with Gasteiger partial charge < -0.3 is 10.3 Å². The van der Waals surface area contributed by atoms with Crippen LogP contribution in [-0.4, -0.2) is 32.9 Å². The van der Waals surface area contributed by atoms with E-state index in [4.69, 9.17) is 0 Å². The molecule has 0 saturated carbocycles. The van der Waals surface area contributed by atoms with Crippen LogP contribution in [-0.2, 0) is 4.79 Å². The predicted octanol–water partition coefficient (Wildman–Crippen LogP) is 0.989. The largest absolute Gasteiger partial charge is 0.371 e. The quantitative estimate of drug-likeness (QED) is 0.736. The minimum atomic E-state index is -0.123. The molecule has 0 bridgehead atoms. The molecular formula is C10H14N6O. The van der Waals surface area contributed by atoms with E-state index in [1.165, 1.54) is 6.33 Å². The highest BCUT2D eigenvalue weighted by molar-refractivity contribution is 5.92. The van der Waals surface area contributed by atoms with Crippen molar-refractivity contribution in [2.45, 2.75) is 13.8 Å². The van der Waals surface area contributed by atoms with Crippen molar-refractivity contribution in [2.24, 2.45) is 5.92 Å². The van der Waals surface area contributed by atoms with Gasteiger partial charge in [-0.05, 0) is 0 Å². The zero-order valence-corrected chi connectivity index (χ0v) is 9.90. The Morgan fingerprint density at radius 2 is 2.18 bits per heavy atom. The Kier molecular flexibility index (Phi) is 2.90. The van der Waals surface area contributed by atoms with Gasteiger partial charge in [0, 0.05) is 13.0 Å². The van der Waals surface area contributed by atoms with Gasteiger partial charge in [-0.3, -0.25) is 10.1 Å². The minimum absolute atomic E-state index is 0.119. The second kappa shape index (κ2) is 4.36.